The van der Waals surface area contributed by atoms with E-state index in [9.17, 15) is 0 Å². The van der Waals surface area contributed by atoms with Crippen LogP contribution in [-0.4, -0.2) is 9.97 Å². The van der Waals surface area contributed by atoms with Gasteiger partial charge in [-0.1, -0.05) is 218 Å². The zero-order valence-corrected chi connectivity index (χ0v) is 35.8. The largest absolute Gasteiger partial charge is 0.228 e. The van der Waals surface area contributed by atoms with Crippen molar-refractivity contribution in [2.75, 3.05) is 0 Å². The third-order valence-corrected chi connectivity index (χ3v) is 13.1. The highest BCUT2D eigenvalue weighted by atomic mass is 14.9. The van der Waals surface area contributed by atoms with Crippen LogP contribution in [0, 0.1) is 16.7 Å². The van der Waals surface area contributed by atoms with E-state index < -0.39 is 5.41 Å². The minimum atomic E-state index is -0.433. The van der Waals surface area contributed by atoms with Gasteiger partial charge in [0.05, 0.1) is 16.8 Å². The summed E-state index contributed by atoms with van der Waals surface area (Å²) >= 11 is 0. The molecule has 0 aliphatic heterocycles. The van der Waals surface area contributed by atoms with Crippen molar-refractivity contribution < 1.29 is 0 Å². The Morgan fingerprint density at radius 2 is 0.983 bits per heavy atom. The quantitative estimate of drug-likeness (QED) is 0.178. The van der Waals surface area contributed by atoms with Crippen LogP contribution in [-0.2, 0) is 5.41 Å². The number of fused-ring (bicyclic) bond motifs is 10. The molecular weight excluding hydrogens is 725 g/mol. The maximum absolute atomic E-state index is 5.48. The maximum Gasteiger partial charge on any atom is 0.161 e. The molecule has 0 bridgehead atoms. The van der Waals surface area contributed by atoms with Gasteiger partial charge in [-0.2, -0.15) is 0 Å². The van der Waals surface area contributed by atoms with E-state index in [0.717, 1.165) is 40.3 Å². The average Bonchev–Trinajstić information content (AvgIpc) is 3.72. The van der Waals surface area contributed by atoms with Crippen molar-refractivity contribution in [2.45, 2.75) is 60.3 Å². The lowest BCUT2D eigenvalue weighted by atomic mass is 9.70. The van der Waals surface area contributed by atoms with E-state index in [1.165, 1.54) is 66.8 Å². The molecule has 0 fully saturated rings. The van der Waals surface area contributed by atoms with Crippen LogP contribution in [0.25, 0.3) is 61.7 Å². The van der Waals surface area contributed by atoms with Crippen LogP contribution >= 0.6 is 0 Å². The molecule has 60 heavy (non-hydrogen) atoms. The summed E-state index contributed by atoms with van der Waals surface area (Å²) in [6.45, 7) is 16.4. The van der Waals surface area contributed by atoms with Gasteiger partial charge in [-0.15, -0.1) is 0 Å². The topological polar surface area (TPSA) is 25.8 Å². The van der Waals surface area contributed by atoms with Crippen LogP contribution in [0.2, 0.25) is 0 Å². The molecule has 2 heteroatoms. The number of hydrogen-bond donors (Lipinski definition) is 0. The summed E-state index contributed by atoms with van der Waals surface area (Å²) in [6.07, 6.45) is 8.31. The van der Waals surface area contributed by atoms with Crippen LogP contribution in [0.3, 0.4) is 0 Å². The Kier molecular flexibility index (Phi) is 8.92. The number of rotatable bonds is 4. The molecule has 10 rings (SSSR count). The van der Waals surface area contributed by atoms with E-state index in [2.05, 4.69) is 218 Å². The van der Waals surface area contributed by atoms with Crippen LogP contribution < -0.4 is 0 Å². The first-order valence-corrected chi connectivity index (χ1v) is 21.6. The molecule has 1 spiro atoms. The minimum absolute atomic E-state index is 0.000756. The van der Waals surface area contributed by atoms with Gasteiger partial charge in [0.2, 0.25) is 0 Å². The van der Waals surface area contributed by atoms with Gasteiger partial charge in [0.25, 0.3) is 0 Å². The molecule has 3 aliphatic carbocycles. The molecule has 6 aromatic carbocycles. The Balaban J connectivity index is 1.15. The number of hydrogen-bond acceptors (Lipinski definition) is 2. The highest BCUT2D eigenvalue weighted by molar-refractivity contribution is 5.99. The Labute approximate surface area is 356 Å². The van der Waals surface area contributed by atoms with E-state index >= 15 is 0 Å². The third-order valence-electron chi connectivity index (χ3n) is 13.1. The maximum atomic E-state index is 5.48. The SMILES string of the molecule is CC1C/C=C(C(C)(C)C)/C(c2ccc(-c3cc(-c4ccccc4)nc(-c4cccc5c4-c4ccccc4C54c5ccccc5-c5ccccc54)n3)cc2)=C\C=C/1C(C)(C)C. The fraction of sp³-hybridized carbons (Fsp3) is 0.207. The number of allylic oxidation sites excluding steroid dienone is 6. The first-order chi connectivity index (χ1) is 28.9. The zero-order valence-electron chi connectivity index (χ0n) is 35.8. The summed E-state index contributed by atoms with van der Waals surface area (Å²) in [5.41, 5.74) is 20.4. The molecule has 3 aliphatic rings. The Bertz CT molecular complexity index is 2860. The van der Waals surface area contributed by atoms with E-state index in [1.807, 2.05) is 0 Å². The molecule has 1 unspecified atom stereocenters. The Morgan fingerprint density at radius 1 is 0.483 bits per heavy atom. The summed E-state index contributed by atoms with van der Waals surface area (Å²) in [6, 6.07) is 55.5. The van der Waals surface area contributed by atoms with Gasteiger partial charge in [0, 0.05) is 16.7 Å². The van der Waals surface area contributed by atoms with E-state index in [0.29, 0.717) is 5.92 Å². The van der Waals surface area contributed by atoms with Gasteiger partial charge in [0.15, 0.2) is 5.82 Å². The lowest BCUT2D eigenvalue weighted by molar-refractivity contribution is 0.433. The van der Waals surface area contributed by atoms with E-state index in [1.54, 1.807) is 0 Å². The summed E-state index contributed by atoms with van der Waals surface area (Å²) < 4.78 is 0. The molecule has 0 N–H and O–H groups in total. The normalized spacial score (nSPS) is 19.1. The summed E-state index contributed by atoms with van der Waals surface area (Å²) in [5, 5.41) is 0. The first kappa shape index (κ1) is 37.9. The third kappa shape index (κ3) is 5.99. The van der Waals surface area contributed by atoms with Gasteiger partial charge in [-0.3, -0.25) is 0 Å². The molecule has 7 aromatic rings. The summed E-state index contributed by atoms with van der Waals surface area (Å²) in [7, 11) is 0. The summed E-state index contributed by atoms with van der Waals surface area (Å²) in [4.78, 5) is 10.9. The standard InChI is InChI=1S/C58H52N2/c1-37-28-34-47(57(5,6)7)41(33-35-46(37)56(2,3)4)38-29-31-40(32-30-38)53-36-52(39-18-9-8-10-19-39)59-55(60-53)45-23-17-27-51-54(45)44-22-13-16-26-50(44)58(51)48-24-14-11-20-42(48)43-21-12-15-25-49(43)58/h8-27,29-37H,28H2,1-7H3/b41-33-,46-35+,47-34-. The van der Waals surface area contributed by atoms with E-state index in [-0.39, 0.29) is 10.8 Å². The van der Waals surface area contributed by atoms with Crippen molar-refractivity contribution in [3.8, 4) is 56.2 Å². The van der Waals surface area contributed by atoms with E-state index in [4.69, 9.17) is 9.97 Å². The minimum Gasteiger partial charge on any atom is -0.228 e. The number of nitrogens with zero attached hydrogens (tertiary/aromatic N) is 2. The molecule has 0 amide bonds. The average molecular weight is 777 g/mol. The summed E-state index contributed by atoms with van der Waals surface area (Å²) in [5.74, 6) is 1.22. The predicted octanol–water partition coefficient (Wildman–Crippen LogP) is 15.2. The second-order valence-electron chi connectivity index (χ2n) is 19.0. The second-order valence-corrected chi connectivity index (χ2v) is 19.0. The molecule has 0 saturated carbocycles. The van der Waals surface area contributed by atoms with Crippen molar-refractivity contribution in [1.82, 2.24) is 9.97 Å². The number of aromatic nitrogens is 2. The molecule has 0 saturated heterocycles. The second kappa shape index (κ2) is 14.1. The van der Waals surface area contributed by atoms with Crippen molar-refractivity contribution in [3.05, 3.63) is 209 Å². The highest BCUT2D eigenvalue weighted by Gasteiger charge is 2.52. The van der Waals surface area contributed by atoms with Gasteiger partial charge in [-0.05, 0) is 90.5 Å². The van der Waals surface area contributed by atoms with Crippen LogP contribution in [0.1, 0.15) is 82.7 Å². The van der Waals surface area contributed by atoms with Crippen molar-refractivity contribution in [3.63, 3.8) is 0 Å². The van der Waals surface area contributed by atoms with Gasteiger partial charge < -0.3 is 0 Å². The predicted molar refractivity (Wildman–Crippen MR) is 251 cm³/mol. The van der Waals surface area contributed by atoms with Crippen LogP contribution in [0.15, 0.2) is 181 Å². The van der Waals surface area contributed by atoms with Gasteiger partial charge in [0.1, 0.15) is 0 Å². The fourth-order valence-electron chi connectivity index (χ4n) is 10.5. The molecule has 1 atom stereocenters. The number of benzene rings is 6. The Hall–Kier alpha value is -6.38. The van der Waals surface area contributed by atoms with Crippen LogP contribution in [0.4, 0.5) is 0 Å². The Morgan fingerprint density at radius 3 is 1.58 bits per heavy atom. The first-order valence-electron chi connectivity index (χ1n) is 21.6. The lowest BCUT2D eigenvalue weighted by Crippen LogP contribution is -2.25. The van der Waals surface area contributed by atoms with Crippen molar-refractivity contribution in [2.24, 2.45) is 16.7 Å². The van der Waals surface area contributed by atoms with Crippen molar-refractivity contribution in [1.29, 1.82) is 0 Å². The van der Waals surface area contributed by atoms with Crippen LogP contribution in [0.5, 0.6) is 0 Å². The molecular formula is C58H52N2. The fourth-order valence-corrected chi connectivity index (χ4v) is 10.5. The lowest BCUT2D eigenvalue weighted by Gasteiger charge is -2.32. The molecule has 2 nitrogen and oxygen atoms in total. The molecule has 1 heterocycles. The zero-order chi connectivity index (χ0) is 41.4. The smallest absolute Gasteiger partial charge is 0.161 e. The van der Waals surface area contributed by atoms with Gasteiger partial charge in [-0.25, -0.2) is 9.97 Å². The highest BCUT2D eigenvalue weighted by Crippen LogP contribution is 2.63. The molecule has 0 radical (unpaired) electrons. The molecule has 1 aromatic heterocycles. The molecule has 294 valence electrons. The monoisotopic (exact) mass is 776 g/mol. The van der Waals surface area contributed by atoms with Crippen molar-refractivity contribution >= 4 is 5.57 Å². The van der Waals surface area contributed by atoms with Gasteiger partial charge >= 0.3 is 0 Å².